The zero-order valence-corrected chi connectivity index (χ0v) is 8.24. The van der Waals surface area contributed by atoms with Crippen molar-refractivity contribution < 1.29 is 43.3 Å². The molecule has 0 aromatic carbocycles. The first-order valence-corrected chi connectivity index (χ1v) is 6.91. The minimum atomic E-state index is -6.31. The molecule has 3 rings (SSSR count). The number of hydrogen-bond acceptors (Lipinski definition) is 4. The van der Waals surface area contributed by atoms with E-state index in [0.29, 0.717) is 0 Å². The van der Waals surface area contributed by atoms with Crippen LogP contribution in [0.5, 0.6) is 0 Å². The Bertz CT molecular complexity index is 494. The second kappa shape index (κ2) is 1.76. The average Bonchev–Trinajstić information content (AvgIpc) is 2.84. The Morgan fingerprint density at radius 2 is 1.00 bits per heavy atom. The number of halogens is 6. The quantitative estimate of drug-likeness (QED) is 0.486. The number of fused-ring (bicyclic) bond motifs is 4. The summed E-state index contributed by atoms with van der Waals surface area (Å²) in [6.07, 6.45) is 0. The smallest absolute Gasteiger partial charge is 0.161 e. The third kappa shape index (κ3) is 0.547. The summed E-state index contributed by atoms with van der Waals surface area (Å²) in [7, 11) is -12.6. The van der Waals surface area contributed by atoms with Crippen LogP contribution in [0.3, 0.4) is 0 Å². The van der Waals surface area contributed by atoms with Gasteiger partial charge in [0.1, 0.15) is 19.4 Å². The largest absolute Gasteiger partial charge is 0.526 e. The Morgan fingerprint density at radius 3 is 1.12 bits per heavy atom. The van der Waals surface area contributed by atoms with Crippen LogP contribution in [0, 0.1) is 0 Å². The van der Waals surface area contributed by atoms with Crippen molar-refractivity contribution in [3.63, 3.8) is 0 Å². The van der Waals surface area contributed by atoms with E-state index in [1.165, 1.54) is 0 Å². The van der Waals surface area contributed by atoms with Gasteiger partial charge in [-0.3, -0.25) is 0 Å². The zero-order valence-electron chi connectivity index (χ0n) is 6.61. The first kappa shape index (κ1) is 10.8. The normalized spacial score (nSPS) is 48.9. The van der Waals surface area contributed by atoms with Crippen LogP contribution in [0.15, 0.2) is 0 Å². The molecule has 0 aliphatic carbocycles. The van der Waals surface area contributed by atoms with Crippen LogP contribution in [0.1, 0.15) is 0 Å². The van der Waals surface area contributed by atoms with Crippen molar-refractivity contribution in [2.75, 3.05) is 0 Å². The molecule has 0 amide bonds. The lowest BCUT2D eigenvalue weighted by molar-refractivity contribution is -0.0549. The summed E-state index contributed by atoms with van der Waals surface area (Å²) in [5.41, 5.74) is -11.3. The van der Waals surface area contributed by atoms with Crippen molar-refractivity contribution in [2.45, 2.75) is 11.0 Å². The second-order valence-electron chi connectivity index (χ2n) is 3.08. The molecule has 14 heteroatoms. The molecule has 0 atom stereocenters. The van der Waals surface area contributed by atoms with Crippen LogP contribution < -0.4 is 0 Å². The maximum Gasteiger partial charge on any atom is 0.526 e. The van der Waals surface area contributed by atoms with E-state index in [9.17, 15) is 34.8 Å². The third-order valence-corrected chi connectivity index (χ3v) is 10.1. The highest BCUT2D eigenvalue weighted by molar-refractivity contribution is 8.46. The van der Waals surface area contributed by atoms with Gasteiger partial charge in [0, 0.05) is 0 Å². The first-order chi connectivity index (χ1) is 6.82. The highest BCUT2D eigenvalue weighted by Gasteiger charge is 3.13. The fraction of sp³-hybridized carbons (Fsp3) is 1.00. The van der Waals surface area contributed by atoms with Gasteiger partial charge in [-0.15, -0.1) is 34.9 Å². The van der Waals surface area contributed by atoms with E-state index in [4.69, 9.17) is 0 Å². The van der Waals surface area contributed by atoms with Crippen LogP contribution in [0.25, 0.3) is 0 Å². The van der Waals surface area contributed by atoms with Gasteiger partial charge in [-0.1, -0.05) is 0 Å². The molecular weight excluding hydrogens is 294 g/mol. The lowest BCUT2D eigenvalue weighted by Gasteiger charge is -2.39. The van der Waals surface area contributed by atoms with E-state index in [0.717, 1.165) is 0 Å². The van der Waals surface area contributed by atoms with Gasteiger partial charge in [0.2, 0.25) is 0 Å². The van der Waals surface area contributed by atoms with Crippen molar-refractivity contribution in [3.8, 4) is 0 Å². The van der Waals surface area contributed by atoms with Crippen molar-refractivity contribution >= 4 is 19.4 Å². The summed E-state index contributed by atoms with van der Waals surface area (Å²) in [6, 6.07) is 0. The summed E-state index contributed by atoms with van der Waals surface area (Å²) in [5, 5.41) is 0. The van der Waals surface area contributed by atoms with Crippen molar-refractivity contribution in [2.24, 2.45) is 0 Å². The molecule has 0 bridgehead atoms. The van der Waals surface area contributed by atoms with Crippen molar-refractivity contribution in [1.82, 2.24) is 7.75 Å². The summed E-state index contributed by atoms with van der Waals surface area (Å²) in [6.45, 7) is 0. The number of hydrogen-bond donors (Lipinski definition) is 0. The molecule has 3 aliphatic rings. The van der Waals surface area contributed by atoms with Crippen LogP contribution in [-0.4, -0.2) is 27.2 Å². The predicted octanol–water partition coefficient (Wildman–Crippen LogP) is 0.664. The first-order valence-electron chi connectivity index (χ1n) is 3.30. The van der Waals surface area contributed by atoms with Gasteiger partial charge >= 0.3 is 11.0 Å². The topological polar surface area (TPSA) is 65.2 Å². The zero-order chi connectivity index (χ0) is 12.5. The van der Waals surface area contributed by atoms with E-state index in [2.05, 4.69) is 8.57 Å². The molecule has 0 unspecified atom stereocenters. The molecular formula is C2F6N2O4S2. The standard InChI is InChI=1S/C2F6N2O4S2/c3-1(4,5)15(11)9(13-15)16(12,2(6,7)8)10(15)14-16. The summed E-state index contributed by atoms with van der Waals surface area (Å²) < 4.78 is 101. The fourth-order valence-corrected chi connectivity index (χ4v) is 10.1. The number of rotatable bonds is 0. The molecule has 16 heavy (non-hydrogen) atoms. The predicted molar refractivity (Wildman–Crippen MR) is 34.2 cm³/mol. The third-order valence-electron chi connectivity index (χ3n) is 2.19. The van der Waals surface area contributed by atoms with E-state index in [1.54, 1.807) is 0 Å². The van der Waals surface area contributed by atoms with Crippen LogP contribution >= 0.6 is 0 Å². The Balaban J connectivity index is 2.16. The van der Waals surface area contributed by atoms with Gasteiger partial charge in [-0.2, -0.15) is 8.42 Å². The van der Waals surface area contributed by atoms with Crippen molar-refractivity contribution in [3.05, 3.63) is 0 Å². The molecule has 3 saturated heterocycles. The lowest BCUT2D eigenvalue weighted by Crippen LogP contribution is -2.64. The van der Waals surface area contributed by atoms with Gasteiger partial charge in [0.15, 0.2) is 0 Å². The molecule has 6 nitrogen and oxygen atoms in total. The lowest BCUT2D eigenvalue weighted by atomic mass is 11.6. The van der Waals surface area contributed by atoms with Gasteiger partial charge in [-0.05, 0) is 0 Å². The average molecular weight is 294 g/mol. The van der Waals surface area contributed by atoms with Crippen LogP contribution in [-0.2, 0) is 28.0 Å². The SMILES string of the molecule is O=S12(C(F)(F)F)ON1S1(=O)(C(F)(F)F)ON21. The van der Waals surface area contributed by atoms with E-state index >= 15 is 0 Å². The van der Waals surface area contributed by atoms with Gasteiger partial charge in [0.05, 0.1) is 7.75 Å². The molecule has 3 heterocycles. The van der Waals surface area contributed by atoms with E-state index < -0.39 is 38.2 Å². The Morgan fingerprint density at radius 1 is 0.750 bits per heavy atom. The monoisotopic (exact) mass is 294 g/mol. The minimum absolute atomic E-state index is 1.10. The van der Waals surface area contributed by atoms with E-state index in [1.807, 2.05) is 0 Å². The molecule has 0 N–H and O–H groups in total. The molecule has 0 saturated carbocycles. The highest BCUT2D eigenvalue weighted by atomic mass is 32.4. The molecule has 0 radical (unpaired) electrons. The summed E-state index contributed by atoms with van der Waals surface area (Å²) >= 11 is 0. The Kier molecular flexibility index (Phi) is 1.19. The van der Waals surface area contributed by atoms with Crippen LogP contribution in [0.4, 0.5) is 26.3 Å². The highest BCUT2D eigenvalue weighted by Crippen LogP contribution is 2.91. The molecule has 3 fully saturated rings. The Labute approximate surface area is 82.3 Å². The van der Waals surface area contributed by atoms with Crippen LogP contribution in [0.2, 0.25) is 0 Å². The van der Waals surface area contributed by atoms with E-state index in [-0.39, 0.29) is 0 Å². The fourth-order valence-electron chi connectivity index (χ4n) is 1.33. The molecule has 96 valence electrons. The van der Waals surface area contributed by atoms with Gasteiger partial charge in [0.25, 0.3) is 0 Å². The Hall–Kier alpha value is -0.280. The summed E-state index contributed by atoms with van der Waals surface area (Å²) in [4.78, 5) is 0. The number of nitrogens with zero attached hydrogens (tertiary/aromatic N) is 2. The van der Waals surface area contributed by atoms with Gasteiger partial charge in [-0.25, -0.2) is 0 Å². The molecule has 0 aromatic heterocycles. The maximum absolute atomic E-state index is 12.3. The van der Waals surface area contributed by atoms with Gasteiger partial charge < -0.3 is 0 Å². The molecule has 0 spiro atoms. The molecule has 0 aromatic rings. The second-order valence-corrected chi connectivity index (χ2v) is 9.28. The molecule has 3 aliphatic heterocycles. The maximum atomic E-state index is 12.3. The number of alkyl halides is 6. The minimum Gasteiger partial charge on any atom is -0.161 e. The summed E-state index contributed by atoms with van der Waals surface area (Å²) in [5.74, 6) is 0. The van der Waals surface area contributed by atoms with Crippen molar-refractivity contribution in [1.29, 1.82) is 0 Å².